The zero-order chi connectivity index (χ0) is 19.7. The van der Waals surface area contributed by atoms with Crippen LogP contribution in [0.1, 0.15) is 29.0 Å². The first kappa shape index (κ1) is 17.8. The van der Waals surface area contributed by atoms with E-state index in [4.69, 9.17) is 9.47 Å². The third kappa shape index (κ3) is 3.24. The van der Waals surface area contributed by atoms with Gasteiger partial charge in [-0.15, -0.1) is 0 Å². The first-order valence-corrected chi connectivity index (χ1v) is 8.79. The van der Waals surface area contributed by atoms with Crippen molar-refractivity contribution >= 4 is 11.6 Å². The van der Waals surface area contributed by atoms with Gasteiger partial charge in [-0.3, -0.25) is 4.79 Å². The Kier molecular flexibility index (Phi) is 4.60. The van der Waals surface area contributed by atoms with E-state index >= 15 is 0 Å². The number of hydrogen-bond donors (Lipinski definition) is 2. The molecule has 0 spiro atoms. The predicted molar refractivity (Wildman–Crippen MR) is 102 cm³/mol. The number of nitrogens with one attached hydrogen (secondary N) is 1. The zero-order valence-electron chi connectivity index (χ0n) is 15.5. The van der Waals surface area contributed by atoms with Crippen LogP contribution in [0.2, 0.25) is 0 Å². The Morgan fingerprint density at radius 3 is 2.75 bits per heavy atom. The topological polar surface area (TPSA) is 98.5 Å². The minimum atomic E-state index is -0.168. The summed E-state index contributed by atoms with van der Waals surface area (Å²) >= 11 is 0. The summed E-state index contributed by atoms with van der Waals surface area (Å²) < 4.78 is 12.4. The molecule has 0 saturated carbocycles. The molecule has 0 fully saturated rings. The number of nitrogens with zero attached hydrogens (tertiary/aromatic N) is 3. The summed E-state index contributed by atoms with van der Waals surface area (Å²) in [7, 11) is 3.12. The lowest BCUT2D eigenvalue weighted by Gasteiger charge is -2.27. The lowest BCUT2D eigenvalue weighted by molar-refractivity contribution is -0.116. The monoisotopic (exact) mass is 380 g/mol. The van der Waals surface area contributed by atoms with Crippen molar-refractivity contribution in [2.24, 2.45) is 0 Å². The normalized spacial score (nSPS) is 15.6. The van der Waals surface area contributed by atoms with Gasteiger partial charge in [0.25, 0.3) is 0 Å². The van der Waals surface area contributed by atoms with Crippen LogP contribution in [-0.4, -0.2) is 40.0 Å². The number of aromatic hydroxyl groups is 1. The van der Waals surface area contributed by atoms with Crippen LogP contribution in [0.5, 0.6) is 17.2 Å². The molecule has 2 N–H and O–H groups in total. The van der Waals surface area contributed by atoms with Crippen LogP contribution in [0.3, 0.4) is 0 Å². The molecule has 3 aromatic rings. The molecule has 8 nitrogen and oxygen atoms in total. The Morgan fingerprint density at radius 2 is 2.04 bits per heavy atom. The van der Waals surface area contributed by atoms with Gasteiger partial charge in [-0.1, -0.05) is 6.07 Å². The maximum atomic E-state index is 12.3. The van der Waals surface area contributed by atoms with Gasteiger partial charge in [0.2, 0.25) is 5.91 Å². The van der Waals surface area contributed by atoms with Crippen LogP contribution in [0.25, 0.3) is 0 Å². The van der Waals surface area contributed by atoms with E-state index in [9.17, 15) is 9.90 Å². The highest BCUT2D eigenvalue weighted by molar-refractivity contribution is 5.96. The lowest BCUT2D eigenvalue weighted by atomic mass is 9.84. The Hall–Kier alpha value is -3.55. The van der Waals surface area contributed by atoms with E-state index in [0.29, 0.717) is 24.4 Å². The summed E-state index contributed by atoms with van der Waals surface area (Å²) in [5.41, 5.74) is 3.39. The second kappa shape index (κ2) is 7.22. The van der Waals surface area contributed by atoms with Crippen LogP contribution in [0, 0.1) is 0 Å². The molecule has 0 aliphatic carbocycles. The number of anilines is 1. The molecular weight excluding hydrogens is 360 g/mol. The van der Waals surface area contributed by atoms with Crippen molar-refractivity contribution in [2.45, 2.75) is 18.9 Å². The smallest absolute Gasteiger partial charge is 0.225 e. The number of hydrogen-bond acceptors (Lipinski definition) is 6. The first-order chi connectivity index (χ1) is 13.6. The summed E-state index contributed by atoms with van der Waals surface area (Å²) in [6.07, 6.45) is 3.43. The van der Waals surface area contributed by atoms with Gasteiger partial charge in [-0.2, -0.15) is 5.10 Å². The molecule has 0 radical (unpaired) electrons. The Balaban J connectivity index is 1.78. The van der Waals surface area contributed by atoms with Gasteiger partial charge in [-0.05, 0) is 29.3 Å². The van der Waals surface area contributed by atoms with E-state index in [0.717, 1.165) is 22.4 Å². The number of carbonyl (C=O) groups excluding carboxylic acids is 1. The lowest BCUT2D eigenvalue weighted by Crippen LogP contribution is -2.23. The number of phenolic OH excluding ortho intramolecular Hbond substituents is 1. The SMILES string of the molecule is COc1cc2c(cc1O)NC(=O)C[C@H]2c1ccc(OC)c(Cn2cncn2)c1. The maximum absolute atomic E-state index is 12.3. The van der Waals surface area contributed by atoms with Crippen molar-refractivity contribution in [3.8, 4) is 17.2 Å². The van der Waals surface area contributed by atoms with E-state index in [1.165, 1.54) is 19.5 Å². The standard InChI is InChI=1S/C20H20N4O4/c1-27-18-4-3-12(5-13(18)9-24-11-21-10-22-24)14-7-20(26)23-16-8-17(25)19(28-2)6-15(14)16/h3-6,8,10-11,14,25H,7,9H2,1-2H3,(H,23,26)/t14-/m0/s1. The fourth-order valence-electron chi connectivity index (χ4n) is 3.57. The summed E-state index contributed by atoms with van der Waals surface area (Å²) in [6.45, 7) is 0.502. The molecule has 0 unspecified atom stereocenters. The molecule has 1 aliphatic heterocycles. The number of benzene rings is 2. The van der Waals surface area contributed by atoms with Crippen molar-refractivity contribution in [3.05, 3.63) is 59.7 Å². The molecule has 1 aromatic heterocycles. The molecule has 28 heavy (non-hydrogen) atoms. The van der Waals surface area contributed by atoms with Gasteiger partial charge in [-0.25, -0.2) is 9.67 Å². The molecule has 0 bridgehead atoms. The largest absolute Gasteiger partial charge is 0.504 e. The number of ether oxygens (including phenoxy) is 2. The highest BCUT2D eigenvalue weighted by Crippen LogP contribution is 2.43. The van der Waals surface area contributed by atoms with Gasteiger partial charge in [0.1, 0.15) is 18.4 Å². The van der Waals surface area contributed by atoms with Crippen molar-refractivity contribution in [2.75, 3.05) is 19.5 Å². The second-order valence-electron chi connectivity index (χ2n) is 6.58. The molecule has 4 rings (SSSR count). The minimum absolute atomic E-state index is 0.0104. The summed E-state index contributed by atoms with van der Waals surface area (Å²) in [4.78, 5) is 16.2. The molecule has 0 saturated heterocycles. The van der Waals surface area contributed by atoms with Crippen LogP contribution in [0.4, 0.5) is 5.69 Å². The Morgan fingerprint density at radius 1 is 1.21 bits per heavy atom. The van der Waals surface area contributed by atoms with Crippen molar-refractivity contribution in [1.29, 1.82) is 0 Å². The first-order valence-electron chi connectivity index (χ1n) is 8.79. The predicted octanol–water partition coefficient (Wildman–Crippen LogP) is 2.52. The molecule has 144 valence electrons. The number of carbonyl (C=O) groups is 1. The molecule has 1 amide bonds. The van der Waals surface area contributed by atoms with Crippen LogP contribution in [0.15, 0.2) is 43.0 Å². The van der Waals surface area contributed by atoms with Crippen LogP contribution in [-0.2, 0) is 11.3 Å². The van der Waals surface area contributed by atoms with Crippen molar-refractivity contribution in [1.82, 2.24) is 14.8 Å². The number of rotatable bonds is 5. The third-order valence-corrected chi connectivity index (χ3v) is 4.90. The van der Waals surface area contributed by atoms with Crippen LogP contribution < -0.4 is 14.8 Å². The number of amides is 1. The van der Waals surface area contributed by atoms with Gasteiger partial charge >= 0.3 is 0 Å². The van der Waals surface area contributed by atoms with Crippen molar-refractivity contribution < 1.29 is 19.4 Å². The third-order valence-electron chi connectivity index (χ3n) is 4.90. The van der Waals surface area contributed by atoms with Gasteiger partial charge in [0.05, 0.1) is 20.8 Å². The highest BCUT2D eigenvalue weighted by Gasteiger charge is 2.28. The minimum Gasteiger partial charge on any atom is -0.504 e. The average molecular weight is 380 g/mol. The second-order valence-corrected chi connectivity index (χ2v) is 6.58. The maximum Gasteiger partial charge on any atom is 0.225 e. The molecule has 2 aromatic carbocycles. The fraction of sp³-hybridized carbons (Fsp3) is 0.250. The summed E-state index contributed by atoms with van der Waals surface area (Å²) in [6, 6.07) is 9.17. The van der Waals surface area contributed by atoms with Gasteiger partial charge < -0.3 is 19.9 Å². The Labute approximate surface area is 161 Å². The van der Waals surface area contributed by atoms with Crippen molar-refractivity contribution in [3.63, 3.8) is 0 Å². The summed E-state index contributed by atoms with van der Waals surface area (Å²) in [5.74, 6) is 0.831. The Bertz CT molecular complexity index is 1020. The molecule has 1 atom stereocenters. The fourth-order valence-corrected chi connectivity index (χ4v) is 3.57. The molecule has 1 aliphatic rings. The average Bonchev–Trinajstić information content (AvgIpc) is 3.20. The number of phenols is 1. The van der Waals surface area contributed by atoms with E-state index in [1.54, 1.807) is 24.2 Å². The zero-order valence-corrected chi connectivity index (χ0v) is 15.5. The summed E-state index contributed by atoms with van der Waals surface area (Å²) in [5, 5.41) is 17.0. The van der Waals surface area contributed by atoms with E-state index in [-0.39, 0.29) is 17.6 Å². The number of methoxy groups -OCH3 is 2. The van der Waals surface area contributed by atoms with E-state index in [1.807, 2.05) is 18.2 Å². The van der Waals surface area contributed by atoms with Gasteiger partial charge in [0.15, 0.2) is 11.5 Å². The highest BCUT2D eigenvalue weighted by atomic mass is 16.5. The molecular formula is C20H20N4O4. The molecule has 2 heterocycles. The quantitative estimate of drug-likeness (QED) is 0.706. The molecule has 8 heteroatoms. The number of aromatic nitrogens is 3. The van der Waals surface area contributed by atoms with Crippen LogP contribution >= 0.6 is 0 Å². The van der Waals surface area contributed by atoms with E-state index in [2.05, 4.69) is 15.4 Å². The van der Waals surface area contributed by atoms with Gasteiger partial charge in [0, 0.05) is 29.7 Å². The number of fused-ring (bicyclic) bond motifs is 1. The van der Waals surface area contributed by atoms with E-state index < -0.39 is 0 Å².